The Bertz CT molecular complexity index is 733. The summed E-state index contributed by atoms with van der Waals surface area (Å²) in [5.74, 6) is 0.204. The van der Waals surface area contributed by atoms with Crippen LogP contribution in [0, 0.1) is 5.82 Å². The molecule has 0 saturated carbocycles. The molecule has 0 fully saturated rings. The Kier molecular flexibility index (Phi) is 5.14. The molecule has 2 nitrogen and oxygen atoms in total. The van der Waals surface area contributed by atoms with Crippen LogP contribution in [0.5, 0.6) is 0 Å². The average Bonchev–Trinajstić information content (AvgIpc) is 2.52. The number of hydrogen-bond acceptors (Lipinski definition) is 2. The van der Waals surface area contributed by atoms with Gasteiger partial charge in [-0.15, -0.1) is 11.8 Å². The average molecular weight is 370 g/mol. The quantitative estimate of drug-likeness (QED) is 0.821. The van der Waals surface area contributed by atoms with Crippen LogP contribution in [0.25, 0.3) is 0 Å². The maximum Gasteiger partial charge on any atom is 0.225 e. The van der Waals surface area contributed by atoms with E-state index in [1.807, 2.05) is 18.2 Å². The zero-order chi connectivity index (χ0) is 16.4. The maximum absolute atomic E-state index is 13.8. The SMILES string of the molecule is O=C(Cc1c(F)cccc1Cl)N[C@@H]1CCSc2ccc(Cl)cc21. The van der Waals surface area contributed by atoms with Gasteiger partial charge in [0.05, 0.1) is 12.5 Å². The molecule has 3 rings (SSSR count). The molecule has 0 saturated heterocycles. The van der Waals surface area contributed by atoms with Crippen molar-refractivity contribution < 1.29 is 9.18 Å². The lowest BCUT2D eigenvalue weighted by Crippen LogP contribution is -2.32. The Labute approximate surface area is 148 Å². The number of amides is 1. The third-order valence-corrected chi connectivity index (χ3v) is 5.46. The fraction of sp³-hybridized carbons (Fsp3) is 0.235. The van der Waals surface area contributed by atoms with E-state index in [1.165, 1.54) is 12.1 Å². The van der Waals surface area contributed by atoms with Gasteiger partial charge in [-0.05, 0) is 42.3 Å². The third kappa shape index (κ3) is 3.82. The number of halogens is 3. The molecule has 23 heavy (non-hydrogen) atoms. The van der Waals surface area contributed by atoms with E-state index in [1.54, 1.807) is 17.8 Å². The second kappa shape index (κ2) is 7.12. The second-order valence-electron chi connectivity index (χ2n) is 5.32. The summed E-state index contributed by atoms with van der Waals surface area (Å²) in [6, 6.07) is 9.99. The molecule has 0 radical (unpaired) electrons. The molecular weight excluding hydrogens is 356 g/mol. The Morgan fingerprint density at radius 3 is 2.91 bits per heavy atom. The summed E-state index contributed by atoms with van der Waals surface area (Å²) < 4.78 is 13.8. The minimum atomic E-state index is -0.463. The van der Waals surface area contributed by atoms with E-state index in [2.05, 4.69) is 5.32 Å². The minimum Gasteiger partial charge on any atom is -0.349 e. The molecule has 0 aliphatic carbocycles. The van der Waals surface area contributed by atoms with E-state index in [0.29, 0.717) is 5.02 Å². The highest BCUT2D eigenvalue weighted by atomic mass is 35.5. The predicted molar refractivity (Wildman–Crippen MR) is 92.8 cm³/mol. The first kappa shape index (κ1) is 16.6. The van der Waals surface area contributed by atoms with Crippen molar-refractivity contribution in [2.24, 2.45) is 0 Å². The topological polar surface area (TPSA) is 29.1 Å². The van der Waals surface area contributed by atoms with Gasteiger partial charge < -0.3 is 5.32 Å². The summed E-state index contributed by atoms with van der Waals surface area (Å²) in [6.07, 6.45) is 0.736. The van der Waals surface area contributed by atoms with Crippen LogP contribution in [-0.4, -0.2) is 11.7 Å². The number of thioether (sulfide) groups is 1. The van der Waals surface area contributed by atoms with Gasteiger partial charge in [-0.2, -0.15) is 0 Å². The van der Waals surface area contributed by atoms with Gasteiger partial charge in [0, 0.05) is 26.3 Å². The highest BCUT2D eigenvalue weighted by Crippen LogP contribution is 2.37. The standard InChI is InChI=1S/C17H14Cl2FNOS/c18-10-4-5-16-12(8-10)15(6-7-23-16)21-17(22)9-11-13(19)2-1-3-14(11)20/h1-5,8,15H,6-7,9H2,(H,21,22)/t15-/m1/s1. The lowest BCUT2D eigenvalue weighted by Gasteiger charge is -2.26. The first-order chi connectivity index (χ1) is 11.0. The van der Waals surface area contributed by atoms with Crippen LogP contribution in [-0.2, 0) is 11.2 Å². The summed E-state index contributed by atoms with van der Waals surface area (Å²) in [7, 11) is 0. The molecular formula is C17H14Cl2FNOS. The Morgan fingerprint density at radius 2 is 2.13 bits per heavy atom. The molecule has 120 valence electrons. The molecule has 2 aromatic rings. The number of hydrogen-bond donors (Lipinski definition) is 1. The summed E-state index contributed by atoms with van der Waals surface area (Å²) in [6.45, 7) is 0. The normalized spacial score (nSPS) is 16.7. The van der Waals surface area contributed by atoms with Crippen molar-refractivity contribution in [1.82, 2.24) is 5.32 Å². The highest BCUT2D eigenvalue weighted by molar-refractivity contribution is 7.99. The fourth-order valence-corrected chi connectivity index (χ4v) is 4.14. The third-order valence-electron chi connectivity index (χ3n) is 3.75. The summed E-state index contributed by atoms with van der Waals surface area (Å²) in [5.41, 5.74) is 1.24. The van der Waals surface area contributed by atoms with E-state index < -0.39 is 5.82 Å². The molecule has 0 aromatic heterocycles. The molecule has 1 heterocycles. The molecule has 0 bridgehead atoms. The molecule has 1 amide bonds. The predicted octanol–water partition coefficient (Wildman–Crippen LogP) is 5.03. The number of benzene rings is 2. The molecule has 1 atom stereocenters. The van der Waals surface area contributed by atoms with Crippen molar-refractivity contribution in [3.05, 3.63) is 63.4 Å². The zero-order valence-corrected chi connectivity index (χ0v) is 14.4. The number of carbonyl (C=O) groups is 1. The van der Waals surface area contributed by atoms with Crippen LogP contribution in [0.3, 0.4) is 0 Å². The Morgan fingerprint density at radius 1 is 1.30 bits per heavy atom. The monoisotopic (exact) mass is 369 g/mol. The van der Waals surface area contributed by atoms with Gasteiger partial charge in [0.25, 0.3) is 0 Å². The minimum absolute atomic E-state index is 0.0783. The van der Waals surface area contributed by atoms with Crippen molar-refractivity contribution in [1.29, 1.82) is 0 Å². The lowest BCUT2D eigenvalue weighted by molar-refractivity contribution is -0.121. The van der Waals surface area contributed by atoms with Crippen LogP contribution < -0.4 is 5.32 Å². The van der Waals surface area contributed by atoms with E-state index in [4.69, 9.17) is 23.2 Å². The van der Waals surface area contributed by atoms with Gasteiger partial charge in [-0.25, -0.2) is 4.39 Å². The number of rotatable bonds is 3. The van der Waals surface area contributed by atoms with Gasteiger partial charge in [0.2, 0.25) is 5.91 Å². The van der Waals surface area contributed by atoms with Gasteiger partial charge in [0.15, 0.2) is 0 Å². The van der Waals surface area contributed by atoms with E-state index in [9.17, 15) is 9.18 Å². The lowest BCUT2D eigenvalue weighted by atomic mass is 10.0. The van der Waals surface area contributed by atoms with Crippen LogP contribution >= 0.6 is 35.0 Å². The van der Waals surface area contributed by atoms with Gasteiger partial charge in [0.1, 0.15) is 5.82 Å². The van der Waals surface area contributed by atoms with E-state index in [-0.39, 0.29) is 29.0 Å². The van der Waals surface area contributed by atoms with Crippen molar-refractivity contribution in [3.8, 4) is 0 Å². The fourth-order valence-electron chi connectivity index (χ4n) is 2.62. The first-order valence-electron chi connectivity index (χ1n) is 7.19. The Hall–Kier alpha value is -1.23. The van der Waals surface area contributed by atoms with Crippen molar-refractivity contribution in [2.45, 2.75) is 23.8 Å². The molecule has 2 aromatic carbocycles. The molecule has 1 N–H and O–H groups in total. The zero-order valence-electron chi connectivity index (χ0n) is 12.1. The summed E-state index contributed by atoms with van der Waals surface area (Å²) >= 11 is 13.8. The molecule has 1 aliphatic heterocycles. The van der Waals surface area contributed by atoms with Crippen molar-refractivity contribution in [3.63, 3.8) is 0 Å². The van der Waals surface area contributed by atoms with Crippen molar-refractivity contribution >= 4 is 40.9 Å². The van der Waals surface area contributed by atoms with E-state index >= 15 is 0 Å². The number of fused-ring (bicyclic) bond motifs is 1. The molecule has 0 unspecified atom stereocenters. The molecule has 6 heteroatoms. The Balaban J connectivity index is 1.76. The van der Waals surface area contributed by atoms with Gasteiger partial charge >= 0.3 is 0 Å². The molecule has 1 aliphatic rings. The van der Waals surface area contributed by atoms with Gasteiger partial charge in [-0.3, -0.25) is 4.79 Å². The first-order valence-corrected chi connectivity index (χ1v) is 8.93. The summed E-state index contributed by atoms with van der Waals surface area (Å²) in [5, 5.41) is 3.88. The van der Waals surface area contributed by atoms with Gasteiger partial charge in [-0.1, -0.05) is 29.3 Å². The number of carbonyl (C=O) groups excluding carboxylic acids is 1. The van der Waals surface area contributed by atoms with Crippen LogP contribution in [0.15, 0.2) is 41.3 Å². The molecule has 0 spiro atoms. The van der Waals surface area contributed by atoms with Crippen LogP contribution in [0.1, 0.15) is 23.6 Å². The summed E-state index contributed by atoms with van der Waals surface area (Å²) in [4.78, 5) is 13.4. The largest absolute Gasteiger partial charge is 0.349 e. The second-order valence-corrected chi connectivity index (χ2v) is 7.30. The van der Waals surface area contributed by atoms with Crippen molar-refractivity contribution in [2.75, 3.05) is 5.75 Å². The van der Waals surface area contributed by atoms with E-state index in [0.717, 1.165) is 22.6 Å². The maximum atomic E-state index is 13.8. The van der Waals surface area contributed by atoms with Crippen LogP contribution in [0.2, 0.25) is 10.0 Å². The highest BCUT2D eigenvalue weighted by Gasteiger charge is 2.23. The van der Waals surface area contributed by atoms with Crippen LogP contribution in [0.4, 0.5) is 4.39 Å². The smallest absolute Gasteiger partial charge is 0.225 e. The number of nitrogens with one attached hydrogen (secondary N) is 1.